The van der Waals surface area contributed by atoms with Gasteiger partial charge in [0.15, 0.2) is 0 Å². The summed E-state index contributed by atoms with van der Waals surface area (Å²) in [7, 11) is 9.72. The van der Waals surface area contributed by atoms with E-state index in [1.807, 2.05) is 0 Å². The van der Waals surface area contributed by atoms with Crippen LogP contribution < -0.4 is 0 Å². The van der Waals surface area contributed by atoms with Crippen LogP contribution >= 0.6 is 19.7 Å². The van der Waals surface area contributed by atoms with Crippen LogP contribution in [-0.4, -0.2) is 0 Å². The van der Waals surface area contributed by atoms with E-state index in [1.165, 1.54) is 64.2 Å². The van der Waals surface area contributed by atoms with E-state index < -0.39 is 0 Å². The summed E-state index contributed by atoms with van der Waals surface area (Å²) in [4.78, 5) is 0. The molecule has 0 nitrogen and oxygen atoms in total. The monoisotopic (exact) mass is 287 g/mol. The van der Waals surface area contributed by atoms with Gasteiger partial charge in [-0.1, -0.05) is 38.5 Å². The van der Waals surface area contributed by atoms with Crippen LogP contribution in [0.25, 0.3) is 0 Å². The molecule has 0 heterocycles. The Morgan fingerprint density at radius 3 is 0.933 bits per heavy atom. The van der Waals surface area contributed by atoms with Crippen LogP contribution in [0.4, 0.5) is 0 Å². The van der Waals surface area contributed by atoms with E-state index in [4.69, 9.17) is 19.7 Å². The van der Waals surface area contributed by atoms with Crippen molar-refractivity contribution in [3.8, 4) is 0 Å². The molecule has 2 rings (SSSR count). The summed E-state index contributed by atoms with van der Waals surface area (Å²) < 4.78 is 0. The second-order valence-corrected chi connectivity index (χ2v) is 6.22. The van der Waals surface area contributed by atoms with Crippen LogP contribution in [0.2, 0.25) is 0 Å². The maximum absolute atomic E-state index is 4.86. The summed E-state index contributed by atoms with van der Waals surface area (Å²) in [5.74, 6) is 0. The fourth-order valence-corrected chi connectivity index (χ4v) is 1.80. The van der Waals surface area contributed by atoms with Crippen molar-refractivity contribution >= 4 is 19.7 Å². The Morgan fingerprint density at radius 2 is 0.867 bits per heavy atom. The quantitative estimate of drug-likeness (QED) is 0.502. The molecule has 0 unspecified atom stereocenters. The summed E-state index contributed by atoms with van der Waals surface area (Å²) in [6.45, 7) is 0. The average Bonchev–Trinajstić information content (AvgIpc) is 2.35. The van der Waals surface area contributed by atoms with Gasteiger partial charge in [-0.05, 0) is 0 Å². The first-order valence-corrected chi connectivity index (χ1v) is 9.81. The van der Waals surface area contributed by atoms with E-state index in [1.54, 1.807) is 0 Å². The Bertz CT molecular complexity index is 66.8. The molecular weight excluding hydrogens is 266 g/mol. The summed E-state index contributed by atoms with van der Waals surface area (Å²) in [5.41, 5.74) is 0. The third-order valence-electron chi connectivity index (χ3n) is 2.63. The van der Waals surface area contributed by atoms with Crippen LogP contribution in [0.5, 0.6) is 0 Å². The van der Waals surface area contributed by atoms with Gasteiger partial charge in [-0.15, -0.1) is 0 Å². The zero-order valence-electron chi connectivity index (χ0n) is 9.43. The molecule has 15 heavy (non-hydrogen) atoms. The van der Waals surface area contributed by atoms with Crippen LogP contribution in [0, 0.1) is 12.8 Å². The number of hydrogen-bond donors (Lipinski definition) is 0. The van der Waals surface area contributed by atoms with E-state index in [0.29, 0.717) is 0 Å². The van der Waals surface area contributed by atoms with Crippen LogP contribution in [-0.2, 0) is 14.4 Å². The van der Waals surface area contributed by atoms with Gasteiger partial charge in [0.25, 0.3) is 0 Å². The molecule has 2 aliphatic rings. The molecule has 0 spiro atoms. The van der Waals surface area contributed by atoms with Crippen molar-refractivity contribution in [2.75, 3.05) is 0 Å². The van der Waals surface area contributed by atoms with Crippen molar-refractivity contribution in [2.45, 2.75) is 64.2 Å². The molecule has 3 heteroatoms. The van der Waals surface area contributed by atoms with Gasteiger partial charge in [0.05, 0.1) is 0 Å². The Labute approximate surface area is 111 Å². The Morgan fingerprint density at radius 1 is 0.600 bits per heavy atom. The Hall–Kier alpha value is 1.16. The molecule has 91 valence electrons. The number of hydrogen-bond acceptors (Lipinski definition) is 0. The van der Waals surface area contributed by atoms with Crippen LogP contribution in [0.15, 0.2) is 0 Å². The molecule has 0 radical (unpaired) electrons. The zero-order valence-corrected chi connectivity index (χ0v) is 12.3. The minimum absolute atomic E-state index is 0.368. The average molecular weight is 288 g/mol. The van der Waals surface area contributed by atoms with Crippen molar-refractivity contribution < 1.29 is 14.4 Å². The molecule has 0 aromatic rings. The molecule has 2 fully saturated rings. The van der Waals surface area contributed by atoms with E-state index in [9.17, 15) is 0 Å². The topological polar surface area (TPSA) is 0 Å². The predicted octanol–water partition coefficient (Wildman–Crippen LogP) is 5.69. The summed E-state index contributed by atoms with van der Waals surface area (Å²) >= 11 is -0.368. The summed E-state index contributed by atoms with van der Waals surface area (Å²) in [6.07, 6.45) is 19.0. The number of halogens is 2. The summed E-state index contributed by atoms with van der Waals surface area (Å²) in [5, 5.41) is 0. The van der Waals surface area contributed by atoms with E-state index in [-0.39, 0.29) is 14.4 Å². The van der Waals surface area contributed by atoms with Crippen molar-refractivity contribution in [1.29, 1.82) is 0 Å². The standard InChI is InChI=1S/2C6H11.2ClH.V/c2*1-2-4-6-5-3-1;;;/h2*1H,2-6H2;2*1H;/q2*-1;;;+2/p-2. The second kappa shape index (κ2) is 15.2. The van der Waals surface area contributed by atoms with E-state index in [0.717, 1.165) is 0 Å². The van der Waals surface area contributed by atoms with Gasteiger partial charge < -0.3 is 12.8 Å². The molecule has 0 saturated heterocycles. The van der Waals surface area contributed by atoms with Crippen molar-refractivity contribution in [2.24, 2.45) is 0 Å². The molecule has 2 saturated carbocycles. The van der Waals surface area contributed by atoms with Crippen LogP contribution in [0.1, 0.15) is 64.2 Å². The first-order chi connectivity index (χ1) is 7.41. The third-order valence-corrected chi connectivity index (χ3v) is 2.63. The van der Waals surface area contributed by atoms with Gasteiger partial charge in [0, 0.05) is 0 Å². The van der Waals surface area contributed by atoms with Gasteiger partial charge >= 0.3 is 34.1 Å². The Balaban J connectivity index is 0.000000210. The first-order valence-electron chi connectivity index (χ1n) is 5.97. The molecule has 0 aliphatic heterocycles. The molecule has 0 aromatic carbocycles. The van der Waals surface area contributed by atoms with E-state index in [2.05, 4.69) is 12.8 Å². The molecule has 0 bridgehead atoms. The summed E-state index contributed by atoms with van der Waals surface area (Å²) in [6, 6.07) is 0. The normalized spacial score (nSPS) is 20.1. The van der Waals surface area contributed by atoms with Gasteiger partial charge in [0.2, 0.25) is 0 Å². The third kappa shape index (κ3) is 15.2. The number of rotatable bonds is 0. The molecule has 2 aliphatic carbocycles. The van der Waals surface area contributed by atoms with Crippen molar-refractivity contribution in [3.63, 3.8) is 0 Å². The second-order valence-electron chi connectivity index (χ2n) is 3.92. The van der Waals surface area contributed by atoms with Crippen molar-refractivity contribution in [3.05, 3.63) is 12.8 Å². The zero-order chi connectivity index (χ0) is 11.2. The maximum atomic E-state index is 4.86. The fourth-order valence-electron chi connectivity index (χ4n) is 1.80. The van der Waals surface area contributed by atoms with Gasteiger partial charge in [0.1, 0.15) is 0 Å². The SMILES string of the molecule is [CH-]1CCCCC1.[CH-]1CCCCC1.[Cl][V][Cl]. The first kappa shape index (κ1) is 16.2. The van der Waals surface area contributed by atoms with Gasteiger partial charge in [-0.2, -0.15) is 25.7 Å². The molecule has 0 N–H and O–H groups in total. The van der Waals surface area contributed by atoms with Gasteiger partial charge in [-0.25, -0.2) is 0 Å². The van der Waals surface area contributed by atoms with Crippen LogP contribution in [0.3, 0.4) is 0 Å². The minimum atomic E-state index is -0.368. The molecular formula is C12H22Cl2V-2. The fraction of sp³-hybridized carbons (Fsp3) is 0.833. The molecule has 0 aromatic heterocycles. The predicted molar refractivity (Wildman–Crippen MR) is 66.5 cm³/mol. The Kier molecular flexibility index (Phi) is 16.3. The van der Waals surface area contributed by atoms with Crippen molar-refractivity contribution in [1.82, 2.24) is 0 Å². The van der Waals surface area contributed by atoms with E-state index >= 15 is 0 Å². The molecule has 0 amide bonds. The molecule has 0 atom stereocenters. The van der Waals surface area contributed by atoms with Gasteiger partial charge in [-0.3, -0.25) is 0 Å².